The number of benzene rings is 2. The fraction of sp³-hybridized carbons (Fsp3) is 0.158. The minimum atomic E-state index is -3.45. The molecular formula is C19H17N3O3S2. The van der Waals surface area contributed by atoms with Gasteiger partial charge in [0.15, 0.2) is 9.84 Å². The van der Waals surface area contributed by atoms with Crippen molar-refractivity contribution in [2.75, 3.05) is 17.7 Å². The molecule has 0 amide bonds. The molecule has 0 fully saturated rings. The van der Waals surface area contributed by atoms with Crippen molar-refractivity contribution in [2.45, 2.75) is 11.3 Å². The van der Waals surface area contributed by atoms with Crippen LogP contribution in [0.5, 0.6) is 0 Å². The molecule has 0 aliphatic rings. The van der Waals surface area contributed by atoms with Gasteiger partial charge in [-0.05, 0) is 48.9 Å². The number of anilines is 2. The summed E-state index contributed by atoms with van der Waals surface area (Å²) in [6.07, 6.45) is 1.90. The average Bonchev–Trinajstić information content (AvgIpc) is 3.14. The summed E-state index contributed by atoms with van der Waals surface area (Å²) >= 11 is 1.58. The predicted octanol–water partition coefficient (Wildman–Crippen LogP) is 3.74. The van der Waals surface area contributed by atoms with Crippen LogP contribution in [0.4, 0.5) is 11.4 Å². The van der Waals surface area contributed by atoms with Gasteiger partial charge >= 0.3 is 0 Å². The molecule has 0 radical (unpaired) electrons. The Kier molecular flexibility index (Phi) is 4.77. The molecule has 2 aromatic carbocycles. The van der Waals surface area contributed by atoms with Gasteiger partial charge in [-0.25, -0.2) is 13.4 Å². The second-order valence-electron chi connectivity index (χ2n) is 6.09. The minimum absolute atomic E-state index is 0.0848. The number of aliphatic hydroxyl groups excluding tert-OH is 1. The Balaban J connectivity index is 1.74. The van der Waals surface area contributed by atoms with Crippen LogP contribution in [0.15, 0.2) is 59.1 Å². The number of thiazole rings is 1. The van der Waals surface area contributed by atoms with E-state index in [1.807, 2.05) is 24.3 Å². The second-order valence-corrected chi connectivity index (χ2v) is 9.09. The Bertz CT molecular complexity index is 1220. The lowest BCUT2D eigenvalue weighted by Gasteiger charge is -2.11. The maximum Gasteiger partial charge on any atom is 0.178 e. The van der Waals surface area contributed by atoms with Crippen molar-refractivity contribution in [2.24, 2.45) is 0 Å². The van der Waals surface area contributed by atoms with Gasteiger partial charge in [0.2, 0.25) is 0 Å². The fourth-order valence-corrected chi connectivity index (χ4v) is 4.87. The molecule has 0 spiro atoms. The molecule has 27 heavy (non-hydrogen) atoms. The van der Waals surface area contributed by atoms with Crippen molar-refractivity contribution in [3.8, 4) is 0 Å². The Morgan fingerprint density at radius 1 is 1.04 bits per heavy atom. The van der Waals surface area contributed by atoms with Crippen LogP contribution in [0.3, 0.4) is 0 Å². The summed E-state index contributed by atoms with van der Waals surface area (Å²) in [6, 6.07) is 12.7. The monoisotopic (exact) mass is 399 g/mol. The molecule has 138 valence electrons. The van der Waals surface area contributed by atoms with Crippen LogP contribution >= 0.6 is 11.3 Å². The number of hydrogen-bond donors (Lipinski definition) is 2. The van der Waals surface area contributed by atoms with Crippen LogP contribution in [0.25, 0.3) is 21.1 Å². The van der Waals surface area contributed by atoms with Gasteiger partial charge < -0.3 is 10.4 Å². The Morgan fingerprint density at radius 3 is 2.78 bits per heavy atom. The third kappa shape index (κ3) is 3.64. The molecule has 0 saturated carbocycles. The summed E-state index contributed by atoms with van der Waals surface area (Å²) in [7, 11) is -3.45. The molecule has 0 atom stereocenters. The number of rotatable bonds is 6. The molecular weight excluding hydrogens is 382 g/mol. The van der Waals surface area contributed by atoms with Gasteiger partial charge in [0, 0.05) is 29.6 Å². The first-order valence-electron chi connectivity index (χ1n) is 8.39. The average molecular weight is 399 g/mol. The van der Waals surface area contributed by atoms with Crippen molar-refractivity contribution < 1.29 is 13.5 Å². The van der Waals surface area contributed by atoms with Crippen LogP contribution in [-0.4, -0.2) is 35.9 Å². The maximum absolute atomic E-state index is 12.5. The third-order valence-electron chi connectivity index (χ3n) is 4.25. The van der Waals surface area contributed by atoms with E-state index in [0.717, 1.165) is 27.0 Å². The molecule has 2 N–H and O–H groups in total. The second kappa shape index (κ2) is 7.22. The van der Waals surface area contributed by atoms with Gasteiger partial charge in [0.1, 0.15) is 0 Å². The van der Waals surface area contributed by atoms with E-state index in [-0.39, 0.29) is 23.7 Å². The minimum Gasteiger partial charge on any atom is -0.396 e. The molecule has 0 aliphatic heterocycles. The van der Waals surface area contributed by atoms with Crippen LogP contribution in [0.2, 0.25) is 0 Å². The van der Waals surface area contributed by atoms with Crippen molar-refractivity contribution in [1.82, 2.24) is 9.97 Å². The molecule has 4 rings (SSSR count). The normalized spacial score (nSPS) is 11.9. The number of nitrogens with zero attached hydrogens (tertiary/aromatic N) is 2. The number of pyridine rings is 1. The van der Waals surface area contributed by atoms with Gasteiger partial charge in [-0.15, -0.1) is 11.3 Å². The third-order valence-corrected chi connectivity index (χ3v) is 6.86. The van der Waals surface area contributed by atoms with Gasteiger partial charge in [0.05, 0.1) is 31.9 Å². The van der Waals surface area contributed by atoms with Gasteiger partial charge in [-0.3, -0.25) is 4.98 Å². The van der Waals surface area contributed by atoms with E-state index in [2.05, 4.69) is 15.3 Å². The molecule has 0 bridgehead atoms. The number of fused-ring (bicyclic) bond motifs is 2. The number of sulfone groups is 1. The van der Waals surface area contributed by atoms with Gasteiger partial charge in [0.25, 0.3) is 0 Å². The highest BCUT2D eigenvalue weighted by atomic mass is 32.2. The first kappa shape index (κ1) is 17.8. The van der Waals surface area contributed by atoms with Crippen molar-refractivity contribution in [3.63, 3.8) is 0 Å². The summed E-state index contributed by atoms with van der Waals surface area (Å²) in [5.41, 5.74) is 5.06. The van der Waals surface area contributed by atoms with Crippen molar-refractivity contribution in [3.05, 3.63) is 54.2 Å². The van der Waals surface area contributed by atoms with Crippen LogP contribution in [-0.2, 0) is 9.84 Å². The Hall–Kier alpha value is -2.55. The van der Waals surface area contributed by atoms with E-state index in [1.165, 1.54) is 0 Å². The molecule has 6 nitrogen and oxygen atoms in total. The smallest absolute Gasteiger partial charge is 0.178 e. The standard InChI is InChI=1S/C19H17N3O3S2/c23-8-1-9-27(24,25)14-3-4-16-15(11-14)17(6-7-20-16)22-13-2-5-19-18(10-13)21-12-26-19/h2-7,10-12,23H,1,8-9H2,(H,20,22). The lowest BCUT2D eigenvalue weighted by atomic mass is 10.2. The predicted molar refractivity (Wildman–Crippen MR) is 108 cm³/mol. The molecule has 0 aliphatic carbocycles. The van der Waals surface area contributed by atoms with E-state index in [0.29, 0.717) is 5.52 Å². The lowest BCUT2D eigenvalue weighted by molar-refractivity contribution is 0.295. The highest BCUT2D eigenvalue weighted by Gasteiger charge is 2.15. The van der Waals surface area contributed by atoms with Gasteiger partial charge in [-0.2, -0.15) is 0 Å². The highest BCUT2D eigenvalue weighted by molar-refractivity contribution is 7.91. The van der Waals surface area contributed by atoms with Crippen LogP contribution in [0.1, 0.15) is 6.42 Å². The summed E-state index contributed by atoms with van der Waals surface area (Å²) in [4.78, 5) is 8.88. The molecule has 2 aromatic heterocycles. The first-order valence-corrected chi connectivity index (χ1v) is 10.9. The highest BCUT2D eigenvalue weighted by Crippen LogP contribution is 2.29. The fourth-order valence-electron chi connectivity index (χ4n) is 2.89. The summed E-state index contributed by atoms with van der Waals surface area (Å²) in [6.45, 7) is -0.153. The summed E-state index contributed by atoms with van der Waals surface area (Å²) in [5, 5.41) is 13.0. The molecule has 0 saturated heterocycles. The van der Waals surface area contributed by atoms with E-state index < -0.39 is 9.84 Å². The molecule has 4 aromatic rings. The van der Waals surface area contributed by atoms with Crippen molar-refractivity contribution >= 4 is 53.7 Å². The van der Waals surface area contributed by atoms with Crippen molar-refractivity contribution in [1.29, 1.82) is 0 Å². The SMILES string of the molecule is O=S(=O)(CCCO)c1ccc2nccc(Nc3ccc4scnc4c3)c2c1. The van der Waals surface area contributed by atoms with E-state index in [9.17, 15) is 8.42 Å². The van der Waals surface area contributed by atoms with E-state index in [1.54, 1.807) is 41.2 Å². The number of hydrogen-bond acceptors (Lipinski definition) is 7. The summed E-state index contributed by atoms with van der Waals surface area (Å²) in [5.74, 6) is -0.0848. The Morgan fingerprint density at radius 2 is 1.93 bits per heavy atom. The van der Waals surface area contributed by atoms with Gasteiger partial charge in [-0.1, -0.05) is 0 Å². The van der Waals surface area contributed by atoms with E-state index >= 15 is 0 Å². The molecule has 0 unspecified atom stereocenters. The van der Waals surface area contributed by atoms with Crippen LogP contribution in [0, 0.1) is 0 Å². The maximum atomic E-state index is 12.5. The zero-order valence-corrected chi connectivity index (χ0v) is 15.9. The topological polar surface area (TPSA) is 92.2 Å². The first-order chi connectivity index (χ1) is 13.1. The van der Waals surface area contributed by atoms with Crippen LogP contribution < -0.4 is 5.32 Å². The van der Waals surface area contributed by atoms with E-state index in [4.69, 9.17) is 5.11 Å². The Labute approximate surface area is 160 Å². The number of nitrogens with one attached hydrogen (secondary N) is 1. The quantitative estimate of drug-likeness (QED) is 0.513. The summed E-state index contributed by atoms with van der Waals surface area (Å²) < 4.78 is 26.0. The largest absolute Gasteiger partial charge is 0.396 e. The molecule has 8 heteroatoms. The zero-order chi connectivity index (χ0) is 18.9. The number of aliphatic hydroxyl groups is 1. The molecule has 2 heterocycles. The zero-order valence-electron chi connectivity index (χ0n) is 14.3. The number of aromatic nitrogens is 2. The lowest BCUT2D eigenvalue weighted by Crippen LogP contribution is -2.08.